The Morgan fingerprint density at radius 3 is 2.88 bits per heavy atom. The number of esters is 1. The van der Waals surface area contributed by atoms with Gasteiger partial charge in [-0.05, 0) is 19.1 Å². The standard InChI is InChI=1S/C11H12N2O4/c1-2-17-11(14)5-3-4-9-6-7-10(8-12-9)13(15)16/h3-4,6-8H,2,5H2,1H3. The van der Waals surface area contributed by atoms with Crippen molar-refractivity contribution >= 4 is 17.7 Å². The molecule has 1 rings (SSSR count). The zero-order valence-corrected chi connectivity index (χ0v) is 9.33. The van der Waals surface area contributed by atoms with E-state index in [0.29, 0.717) is 12.3 Å². The lowest BCUT2D eigenvalue weighted by Crippen LogP contribution is -2.01. The lowest BCUT2D eigenvalue weighted by atomic mass is 10.3. The first-order valence-corrected chi connectivity index (χ1v) is 5.06. The zero-order chi connectivity index (χ0) is 12.7. The predicted molar refractivity (Wildman–Crippen MR) is 61.2 cm³/mol. The molecule has 0 saturated carbocycles. The van der Waals surface area contributed by atoms with Gasteiger partial charge in [-0.3, -0.25) is 14.9 Å². The van der Waals surface area contributed by atoms with Crippen LogP contribution in [0.2, 0.25) is 0 Å². The molecule has 0 aliphatic carbocycles. The lowest BCUT2D eigenvalue weighted by molar-refractivity contribution is -0.385. The van der Waals surface area contributed by atoms with Gasteiger partial charge in [-0.15, -0.1) is 0 Å². The maximum Gasteiger partial charge on any atom is 0.309 e. The van der Waals surface area contributed by atoms with Crippen molar-refractivity contribution in [1.29, 1.82) is 0 Å². The highest BCUT2D eigenvalue weighted by Crippen LogP contribution is 2.09. The van der Waals surface area contributed by atoms with Gasteiger partial charge in [-0.1, -0.05) is 6.08 Å². The van der Waals surface area contributed by atoms with Crippen LogP contribution < -0.4 is 0 Å². The van der Waals surface area contributed by atoms with Crippen LogP contribution in [0.15, 0.2) is 24.4 Å². The molecule has 6 nitrogen and oxygen atoms in total. The second-order valence-electron chi connectivity index (χ2n) is 3.11. The van der Waals surface area contributed by atoms with E-state index in [2.05, 4.69) is 4.98 Å². The Morgan fingerprint density at radius 2 is 2.35 bits per heavy atom. The molecular formula is C11H12N2O4. The molecule has 0 radical (unpaired) electrons. The average Bonchev–Trinajstić information content (AvgIpc) is 2.30. The van der Waals surface area contributed by atoms with Gasteiger partial charge in [0, 0.05) is 6.07 Å². The average molecular weight is 236 g/mol. The second kappa shape index (κ2) is 6.37. The van der Waals surface area contributed by atoms with Crippen LogP contribution in [0.5, 0.6) is 0 Å². The van der Waals surface area contributed by atoms with E-state index in [1.54, 1.807) is 19.1 Å². The molecule has 0 N–H and O–H groups in total. The molecule has 17 heavy (non-hydrogen) atoms. The van der Waals surface area contributed by atoms with E-state index < -0.39 is 4.92 Å². The van der Waals surface area contributed by atoms with Gasteiger partial charge in [0.15, 0.2) is 0 Å². The third kappa shape index (κ3) is 4.42. The minimum absolute atomic E-state index is 0.0625. The third-order valence-corrected chi connectivity index (χ3v) is 1.86. The highest BCUT2D eigenvalue weighted by atomic mass is 16.6. The Kier molecular flexibility index (Phi) is 4.80. The SMILES string of the molecule is CCOC(=O)CC=Cc1ccc([N+](=O)[O-])cn1. The van der Waals surface area contributed by atoms with E-state index in [0.717, 1.165) is 0 Å². The molecule has 1 aromatic rings. The number of pyridine rings is 1. The molecule has 90 valence electrons. The van der Waals surface area contributed by atoms with Gasteiger partial charge in [0.2, 0.25) is 0 Å². The molecule has 0 aromatic carbocycles. The smallest absolute Gasteiger partial charge is 0.309 e. The van der Waals surface area contributed by atoms with Crippen LogP contribution in [-0.4, -0.2) is 22.5 Å². The molecule has 0 fully saturated rings. The number of ether oxygens (including phenoxy) is 1. The monoisotopic (exact) mass is 236 g/mol. The van der Waals surface area contributed by atoms with Gasteiger partial charge >= 0.3 is 5.97 Å². The molecule has 6 heteroatoms. The molecule has 1 heterocycles. The summed E-state index contributed by atoms with van der Waals surface area (Å²) in [4.78, 5) is 24.7. The Morgan fingerprint density at radius 1 is 1.59 bits per heavy atom. The Balaban J connectivity index is 2.54. The molecule has 0 aliphatic heterocycles. The van der Waals surface area contributed by atoms with Crippen LogP contribution in [0.25, 0.3) is 6.08 Å². The van der Waals surface area contributed by atoms with Gasteiger partial charge < -0.3 is 4.74 Å². The number of aromatic nitrogens is 1. The normalized spacial score (nSPS) is 10.4. The van der Waals surface area contributed by atoms with E-state index in [4.69, 9.17) is 4.74 Å². The van der Waals surface area contributed by atoms with Gasteiger partial charge in [0.05, 0.1) is 23.6 Å². The summed E-state index contributed by atoms with van der Waals surface area (Å²) >= 11 is 0. The van der Waals surface area contributed by atoms with E-state index in [-0.39, 0.29) is 18.1 Å². The maximum atomic E-state index is 11.0. The fourth-order valence-electron chi connectivity index (χ4n) is 1.10. The molecule has 0 spiro atoms. The van der Waals surface area contributed by atoms with E-state index in [1.807, 2.05) is 0 Å². The first-order valence-electron chi connectivity index (χ1n) is 5.06. The topological polar surface area (TPSA) is 82.3 Å². The van der Waals surface area contributed by atoms with Crippen molar-refractivity contribution in [3.8, 4) is 0 Å². The molecule has 0 unspecified atom stereocenters. The number of carbonyl (C=O) groups excluding carboxylic acids is 1. The van der Waals surface area contributed by atoms with Crippen LogP contribution in [0.3, 0.4) is 0 Å². The molecule has 0 amide bonds. The van der Waals surface area contributed by atoms with Crippen LogP contribution in [-0.2, 0) is 9.53 Å². The predicted octanol–water partition coefficient (Wildman–Crippen LogP) is 1.96. The summed E-state index contributed by atoms with van der Waals surface area (Å²) in [5.41, 5.74) is 0.493. The van der Waals surface area contributed by atoms with Crippen molar-refractivity contribution < 1.29 is 14.5 Å². The number of nitro groups is 1. The Hall–Kier alpha value is -2.24. The molecule has 0 atom stereocenters. The van der Waals surface area contributed by atoms with Crippen molar-refractivity contribution in [2.45, 2.75) is 13.3 Å². The Bertz CT molecular complexity index is 426. The van der Waals surface area contributed by atoms with E-state index >= 15 is 0 Å². The number of hydrogen-bond acceptors (Lipinski definition) is 5. The molecule has 0 bridgehead atoms. The van der Waals surface area contributed by atoms with Crippen LogP contribution in [0.4, 0.5) is 5.69 Å². The van der Waals surface area contributed by atoms with Crippen molar-refractivity contribution in [1.82, 2.24) is 4.98 Å². The van der Waals surface area contributed by atoms with Crippen molar-refractivity contribution in [3.05, 3.63) is 40.2 Å². The van der Waals surface area contributed by atoms with Crippen LogP contribution >= 0.6 is 0 Å². The lowest BCUT2D eigenvalue weighted by Gasteiger charge is -1.96. The van der Waals surface area contributed by atoms with E-state index in [1.165, 1.54) is 18.3 Å². The van der Waals surface area contributed by atoms with Crippen molar-refractivity contribution in [2.75, 3.05) is 6.61 Å². The molecule has 0 aliphatic rings. The number of rotatable bonds is 5. The van der Waals surface area contributed by atoms with Gasteiger partial charge in [0.1, 0.15) is 6.20 Å². The minimum atomic E-state index is -0.515. The number of hydrogen-bond donors (Lipinski definition) is 0. The maximum absolute atomic E-state index is 11.0. The summed E-state index contributed by atoms with van der Waals surface area (Å²) in [5, 5.41) is 10.4. The second-order valence-corrected chi connectivity index (χ2v) is 3.11. The van der Waals surface area contributed by atoms with E-state index in [9.17, 15) is 14.9 Å². The molecular weight excluding hydrogens is 224 g/mol. The molecule has 0 saturated heterocycles. The minimum Gasteiger partial charge on any atom is -0.466 e. The largest absolute Gasteiger partial charge is 0.466 e. The summed E-state index contributed by atoms with van der Waals surface area (Å²) in [6, 6.07) is 2.87. The summed E-state index contributed by atoms with van der Waals surface area (Å²) in [6.45, 7) is 2.09. The number of carbonyl (C=O) groups is 1. The first kappa shape index (κ1) is 12.8. The third-order valence-electron chi connectivity index (χ3n) is 1.86. The number of nitrogens with zero attached hydrogens (tertiary/aromatic N) is 2. The van der Waals surface area contributed by atoms with Gasteiger partial charge in [0.25, 0.3) is 5.69 Å². The summed E-state index contributed by atoms with van der Waals surface area (Å²) < 4.78 is 4.73. The Labute approximate surface area is 98.1 Å². The quantitative estimate of drug-likeness (QED) is 0.443. The first-order chi connectivity index (χ1) is 8.13. The molecule has 1 aromatic heterocycles. The fourth-order valence-corrected chi connectivity index (χ4v) is 1.10. The summed E-state index contributed by atoms with van der Waals surface area (Å²) in [5.74, 6) is -0.314. The van der Waals surface area contributed by atoms with Gasteiger partial charge in [-0.25, -0.2) is 4.98 Å². The summed E-state index contributed by atoms with van der Waals surface area (Å²) in [6.07, 6.45) is 4.54. The van der Waals surface area contributed by atoms with Gasteiger partial charge in [-0.2, -0.15) is 0 Å². The highest BCUT2D eigenvalue weighted by molar-refractivity contribution is 5.72. The van der Waals surface area contributed by atoms with Crippen LogP contribution in [0, 0.1) is 10.1 Å². The van der Waals surface area contributed by atoms with Crippen molar-refractivity contribution in [3.63, 3.8) is 0 Å². The zero-order valence-electron chi connectivity index (χ0n) is 9.33. The fraction of sp³-hybridized carbons (Fsp3) is 0.273. The highest BCUT2D eigenvalue weighted by Gasteiger charge is 2.03. The summed E-state index contributed by atoms with van der Waals surface area (Å²) in [7, 11) is 0. The van der Waals surface area contributed by atoms with Crippen LogP contribution in [0.1, 0.15) is 19.0 Å². The van der Waals surface area contributed by atoms with Crippen molar-refractivity contribution in [2.24, 2.45) is 0 Å².